The van der Waals surface area contributed by atoms with Crippen LogP contribution >= 0.6 is 0 Å². The van der Waals surface area contributed by atoms with E-state index in [1.165, 1.54) is 5.57 Å². The van der Waals surface area contributed by atoms with Gasteiger partial charge in [0.1, 0.15) is 11.6 Å². The molecule has 0 bridgehead atoms. The Labute approximate surface area is 179 Å². The number of nitrogens with zero attached hydrogens (tertiary/aromatic N) is 3. The van der Waals surface area contributed by atoms with E-state index in [-0.39, 0.29) is 5.91 Å². The normalized spacial score (nSPS) is 16.2. The fourth-order valence-electron chi connectivity index (χ4n) is 3.90. The molecule has 1 atom stereocenters. The Kier molecular flexibility index (Phi) is 8.08. The summed E-state index contributed by atoms with van der Waals surface area (Å²) in [6, 6.07) is 12.3. The Morgan fingerprint density at radius 3 is 2.67 bits per heavy atom. The van der Waals surface area contributed by atoms with Crippen LogP contribution in [0.1, 0.15) is 52.0 Å². The fourth-order valence-corrected chi connectivity index (χ4v) is 3.90. The topological polar surface area (TPSA) is 59.4 Å². The number of allylic oxidation sites excluding steroid dienone is 1. The number of likely N-dealkylation sites (tertiary alicyclic amines) is 1. The van der Waals surface area contributed by atoms with Gasteiger partial charge in [0.25, 0.3) is 0 Å². The minimum absolute atomic E-state index is 0.0569. The average Bonchev–Trinajstić information content (AvgIpc) is 3.21. The maximum atomic E-state index is 12.4. The molecule has 1 aromatic heterocycles. The molecule has 162 valence electrons. The molecule has 6 nitrogen and oxygen atoms in total. The van der Waals surface area contributed by atoms with Crippen molar-refractivity contribution in [3.63, 3.8) is 0 Å². The van der Waals surface area contributed by atoms with E-state index in [1.807, 2.05) is 41.1 Å². The lowest BCUT2D eigenvalue weighted by molar-refractivity contribution is -0.116. The van der Waals surface area contributed by atoms with Crippen LogP contribution in [0, 0.1) is 0 Å². The molecule has 0 saturated carbocycles. The molecule has 0 radical (unpaired) electrons. The largest absolute Gasteiger partial charge is 0.493 e. The summed E-state index contributed by atoms with van der Waals surface area (Å²) in [7, 11) is 0. The van der Waals surface area contributed by atoms with Gasteiger partial charge in [-0.3, -0.25) is 4.79 Å². The molecular formula is C24H34N4O2. The molecule has 1 aromatic carbocycles. The highest BCUT2D eigenvalue weighted by Gasteiger charge is 2.25. The first-order valence-corrected chi connectivity index (χ1v) is 10.9. The van der Waals surface area contributed by atoms with Crippen LogP contribution in [0.25, 0.3) is 0 Å². The van der Waals surface area contributed by atoms with Crippen molar-refractivity contribution in [2.24, 2.45) is 0 Å². The number of amides is 1. The first-order valence-electron chi connectivity index (χ1n) is 10.9. The van der Waals surface area contributed by atoms with Gasteiger partial charge in [0.05, 0.1) is 25.3 Å². The number of hydrogen-bond acceptors (Lipinski definition) is 4. The number of carbonyl (C=O) groups is 1. The van der Waals surface area contributed by atoms with E-state index in [9.17, 15) is 4.79 Å². The number of ether oxygens (including phenoxy) is 1. The zero-order valence-electron chi connectivity index (χ0n) is 18.2. The monoisotopic (exact) mass is 410 g/mol. The van der Waals surface area contributed by atoms with Gasteiger partial charge in [0.15, 0.2) is 0 Å². The SMILES string of the molecule is C=C(C)CC[C@@H](C)N1CCC(n2nccc2NC(=O)CCOc2ccccc2)CC1. The van der Waals surface area contributed by atoms with Crippen LogP contribution < -0.4 is 10.1 Å². The van der Waals surface area contributed by atoms with Gasteiger partial charge in [0, 0.05) is 25.2 Å². The number of aromatic nitrogens is 2. The van der Waals surface area contributed by atoms with Crippen molar-refractivity contribution in [1.82, 2.24) is 14.7 Å². The third-order valence-electron chi connectivity index (χ3n) is 5.74. The second-order valence-corrected chi connectivity index (χ2v) is 8.23. The Hall–Kier alpha value is -2.60. The summed E-state index contributed by atoms with van der Waals surface area (Å²) in [5, 5.41) is 7.49. The molecule has 3 rings (SSSR count). The van der Waals surface area contributed by atoms with Gasteiger partial charge in [-0.1, -0.05) is 23.8 Å². The number of rotatable bonds is 10. The summed E-state index contributed by atoms with van der Waals surface area (Å²) in [6.45, 7) is 10.9. The van der Waals surface area contributed by atoms with E-state index in [2.05, 4.69) is 35.7 Å². The smallest absolute Gasteiger partial charge is 0.228 e. The van der Waals surface area contributed by atoms with E-state index in [1.54, 1.807) is 6.20 Å². The Morgan fingerprint density at radius 1 is 1.23 bits per heavy atom. The van der Waals surface area contributed by atoms with Crippen LogP contribution in [0.3, 0.4) is 0 Å². The molecule has 0 unspecified atom stereocenters. The standard InChI is InChI=1S/C24H34N4O2/c1-19(2)9-10-20(3)27-16-12-21(13-17-27)28-23(11-15-25-28)26-24(29)14-18-30-22-7-5-4-6-8-22/h4-8,11,15,20-21H,1,9-10,12-14,16-18H2,2-3H3,(H,26,29)/t20-/m1/s1. The molecule has 1 saturated heterocycles. The predicted octanol–water partition coefficient (Wildman–Crippen LogP) is 4.67. The van der Waals surface area contributed by atoms with Crippen molar-refractivity contribution in [3.8, 4) is 5.75 Å². The molecule has 1 aliphatic heterocycles. The summed E-state index contributed by atoms with van der Waals surface area (Å²) in [4.78, 5) is 14.9. The van der Waals surface area contributed by atoms with Gasteiger partial charge in [0.2, 0.25) is 5.91 Å². The van der Waals surface area contributed by atoms with E-state index in [0.29, 0.717) is 25.1 Å². The number of benzene rings is 1. The predicted molar refractivity (Wildman–Crippen MR) is 121 cm³/mol. The maximum Gasteiger partial charge on any atom is 0.228 e. The van der Waals surface area contributed by atoms with Gasteiger partial charge in [-0.2, -0.15) is 5.10 Å². The second-order valence-electron chi connectivity index (χ2n) is 8.23. The van der Waals surface area contributed by atoms with Crippen LogP contribution in [-0.2, 0) is 4.79 Å². The van der Waals surface area contributed by atoms with Gasteiger partial charge in [-0.05, 0) is 51.7 Å². The third kappa shape index (κ3) is 6.46. The molecule has 1 fully saturated rings. The summed E-state index contributed by atoms with van der Waals surface area (Å²) in [5.74, 6) is 1.49. The van der Waals surface area contributed by atoms with Crippen LogP contribution in [0.4, 0.5) is 5.82 Å². The van der Waals surface area contributed by atoms with Gasteiger partial charge >= 0.3 is 0 Å². The molecule has 1 amide bonds. The zero-order chi connectivity index (χ0) is 21.3. The minimum atomic E-state index is -0.0569. The first-order chi connectivity index (χ1) is 14.5. The highest BCUT2D eigenvalue weighted by Crippen LogP contribution is 2.27. The van der Waals surface area contributed by atoms with Crippen molar-refractivity contribution < 1.29 is 9.53 Å². The number of carbonyl (C=O) groups excluding carboxylic acids is 1. The molecule has 1 aliphatic rings. The highest BCUT2D eigenvalue weighted by molar-refractivity contribution is 5.89. The van der Waals surface area contributed by atoms with E-state index >= 15 is 0 Å². The summed E-state index contributed by atoms with van der Waals surface area (Å²) in [6.07, 6.45) is 6.40. The highest BCUT2D eigenvalue weighted by atomic mass is 16.5. The third-order valence-corrected chi connectivity index (χ3v) is 5.74. The molecule has 2 aromatic rings. The second kappa shape index (κ2) is 11.0. The van der Waals surface area contributed by atoms with Crippen molar-refractivity contribution in [1.29, 1.82) is 0 Å². The van der Waals surface area contributed by atoms with Crippen LogP contribution in [0.15, 0.2) is 54.7 Å². The quantitative estimate of drug-likeness (QED) is 0.578. The van der Waals surface area contributed by atoms with Crippen LogP contribution in [0.2, 0.25) is 0 Å². The van der Waals surface area contributed by atoms with Crippen molar-refractivity contribution in [2.75, 3.05) is 25.0 Å². The lowest BCUT2D eigenvalue weighted by atomic mass is 10.0. The van der Waals surface area contributed by atoms with Gasteiger partial charge < -0.3 is 15.0 Å². The van der Waals surface area contributed by atoms with Crippen molar-refractivity contribution in [2.45, 2.75) is 58.0 Å². The Morgan fingerprint density at radius 2 is 1.97 bits per heavy atom. The molecule has 30 heavy (non-hydrogen) atoms. The average molecular weight is 411 g/mol. The number of anilines is 1. The van der Waals surface area contributed by atoms with E-state index in [0.717, 1.165) is 50.3 Å². The number of hydrogen-bond donors (Lipinski definition) is 1. The Bertz CT molecular complexity index is 810. The molecule has 0 aliphatic carbocycles. The first kappa shape index (κ1) is 22.1. The van der Waals surface area contributed by atoms with Gasteiger partial charge in [-0.15, -0.1) is 6.58 Å². The van der Waals surface area contributed by atoms with E-state index in [4.69, 9.17) is 4.74 Å². The summed E-state index contributed by atoms with van der Waals surface area (Å²) < 4.78 is 7.59. The van der Waals surface area contributed by atoms with E-state index < -0.39 is 0 Å². The van der Waals surface area contributed by atoms with Crippen molar-refractivity contribution in [3.05, 3.63) is 54.7 Å². The summed E-state index contributed by atoms with van der Waals surface area (Å²) in [5.41, 5.74) is 1.25. The van der Waals surface area contributed by atoms with Crippen LogP contribution in [-0.4, -0.2) is 46.3 Å². The zero-order valence-corrected chi connectivity index (χ0v) is 18.2. The molecule has 0 spiro atoms. The minimum Gasteiger partial charge on any atom is -0.493 e. The number of piperidine rings is 1. The molecular weight excluding hydrogens is 376 g/mol. The summed E-state index contributed by atoms with van der Waals surface area (Å²) >= 11 is 0. The van der Waals surface area contributed by atoms with Crippen molar-refractivity contribution >= 4 is 11.7 Å². The Balaban J connectivity index is 1.45. The molecule has 6 heteroatoms. The lowest BCUT2D eigenvalue weighted by Crippen LogP contribution is -2.40. The van der Waals surface area contributed by atoms with Crippen LogP contribution in [0.5, 0.6) is 5.75 Å². The molecule has 2 heterocycles. The number of para-hydroxylation sites is 1. The van der Waals surface area contributed by atoms with Gasteiger partial charge in [-0.25, -0.2) is 4.68 Å². The number of nitrogens with one attached hydrogen (secondary N) is 1. The fraction of sp³-hybridized carbons (Fsp3) is 0.500. The molecule has 1 N–H and O–H groups in total. The maximum absolute atomic E-state index is 12.4. The lowest BCUT2D eigenvalue weighted by Gasteiger charge is -2.36.